The van der Waals surface area contributed by atoms with Gasteiger partial charge in [-0.25, -0.2) is 15.0 Å². The fraction of sp³-hybridized carbons (Fsp3) is 0.278. The lowest BCUT2D eigenvalue weighted by Crippen LogP contribution is -2.27. The number of nitrogens with zero attached hydrogens (tertiary/aromatic N) is 7. The Kier molecular flexibility index (Phi) is 35.8. The number of aromatic amines is 2. The highest BCUT2D eigenvalue weighted by Gasteiger charge is 2.25. The highest BCUT2D eigenvalue weighted by Crippen LogP contribution is 2.39. The van der Waals surface area contributed by atoms with Crippen molar-refractivity contribution in [3.63, 3.8) is 0 Å². The van der Waals surface area contributed by atoms with Crippen LogP contribution in [-0.4, -0.2) is 94.8 Å². The van der Waals surface area contributed by atoms with Crippen molar-refractivity contribution in [2.45, 2.75) is 126 Å². The van der Waals surface area contributed by atoms with Crippen molar-refractivity contribution >= 4 is 142 Å². The van der Waals surface area contributed by atoms with Gasteiger partial charge >= 0.3 is 7.12 Å². The molecule has 0 radical (unpaired) electrons. The van der Waals surface area contributed by atoms with Crippen LogP contribution in [0.15, 0.2) is 165 Å². The molecule has 0 aliphatic carbocycles. The van der Waals surface area contributed by atoms with E-state index < -0.39 is 17.0 Å². The van der Waals surface area contributed by atoms with Gasteiger partial charge in [0.05, 0.1) is 64.0 Å². The molecule has 0 unspecified atom stereocenters. The minimum absolute atomic E-state index is 0.0117. The normalized spacial score (nSPS) is 10.6. The van der Waals surface area contributed by atoms with Crippen LogP contribution in [0.1, 0.15) is 153 Å². The minimum Gasteiger partial charge on any atom is -0.481 e. The van der Waals surface area contributed by atoms with E-state index in [0.717, 1.165) is 73.3 Å². The summed E-state index contributed by atoms with van der Waals surface area (Å²) < 4.78 is 16.1. The average Bonchev–Trinajstić information content (AvgIpc) is 1.33. The van der Waals surface area contributed by atoms with Gasteiger partial charge in [-0.1, -0.05) is 86.9 Å². The Bertz CT molecular complexity index is 5160. The highest BCUT2D eigenvalue weighted by atomic mass is 79.9. The molecule has 0 aromatic carbocycles. The van der Waals surface area contributed by atoms with Gasteiger partial charge in [0.1, 0.15) is 23.0 Å². The monoisotopic (exact) mass is 1700 g/mol. The molecule has 590 valence electrons. The van der Waals surface area contributed by atoms with E-state index in [-0.39, 0.29) is 57.7 Å². The third-order valence-corrected chi connectivity index (χ3v) is 20.1. The second-order valence-corrected chi connectivity index (χ2v) is 31.4. The number of halogens is 2. The molecule has 9 N–H and O–H groups in total. The molecule has 0 saturated carbocycles. The summed E-state index contributed by atoms with van der Waals surface area (Å²) in [6.45, 7) is 22.8. The Morgan fingerprint density at radius 1 is 0.536 bits per heavy atom. The third kappa shape index (κ3) is 26.8. The van der Waals surface area contributed by atoms with Crippen LogP contribution >= 0.6 is 84.2 Å². The second kappa shape index (κ2) is 44.2. The number of methoxy groups -OCH3 is 3. The van der Waals surface area contributed by atoms with Gasteiger partial charge in [-0.05, 0) is 196 Å². The van der Waals surface area contributed by atoms with Crippen LogP contribution in [-0.2, 0) is 22.4 Å². The molecular formula is C79H89BBrClN12O13S5. The number of nitrogens with one attached hydrogen (secondary N) is 3. The van der Waals surface area contributed by atoms with Gasteiger partial charge in [0.2, 0.25) is 17.6 Å². The van der Waals surface area contributed by atoms with E-state index in [0.29, 0.717) is 85.1 Å². The maximum atomic E-state index is 12.5. The van der Waals surface area contributed by atoms with E-state index in [9.17, 15) is 39.4 Å². The Labute approximate surface area is 683 Å². The zero-order chi connectivity index (χ0) is 82.6. The smallest absolute Gasteiger partial charge is 0.481 e. The standard InChI is InChI=1S/C20H21N3O2S.C13H14N2O3S.C13H16N2OS.C12H14N2OS.C9H11BrN2O3.C8H8ClNO.C4H5BO2S/c1-12(2)19-18(10-17(20(25)23-19)14-5-7-26-11-14)22-15-4-6-21-16(9-15)8-13(3)24;1-8(2)12-11(15(16)17)6-10(13(14-12)18-3)9-4-5-19-7-9;1-8(2)12-11(14)6-10(13(15-12)16-3)9-4-5-17-7-9;1-7(2)11-10(13)5-9(12(15)14-11)8-3-4-16-6-8;1-5(2)8-7(12(13)14)4-6(10)9(11-8)15-3;1-6(11)4-8-5-7(9)2-3-10-8;6-5(7)4-1-2-8-3-4/h4-7,9-12H,8H2,1-3H3,(H,21,22)(H,23,25);4-8H,1-3H3;4-8H,14H2,1-3H3;3-7H,13H2,1-2H3,(H,14,15);4-5H,1-3H3;2-3,5H,4H2,1H3;1-3,6-7H. The van der Waals surface area contributed by atoms with Gasteiger partial charge in [0.15, 0.2) is 0 Å². The first kappa shape index (κ1) is 90.7. The Balaban J connectivity index is 0.000000209. The number of ether oxygens (including phenoxy) is 3. The molecule has 25 nitrogen and oxygen atoms in total. The van der Waals surface area contributed by atoms with Crippen LogP contribution in [0.3, 0.4) is 0 Å². The second-order valence-electron chi connectivity index (χ2n) is 26.2. The molecule has 0 fully saturated rings. The number of nitrogens with two attached hydrogens (primary N) is 2. The number of anilines is 4. The molecule has 0 spiro atoms. The predicted octanol–water partition coefficient (Wildman–Crippen LogP) is 18.9. The van der Waals surface area contributed by atoms with Gasteiger partial charge in [0.25, 0.3) is 22.5 Å². The number of nitro groups is 2. The number of thiophene rings is 5. The molecule has 0 amide bonds. The van der Waals surface area contributed by atoms with Gasteiger partial charge < -0.3 is 51.0 Å². The topological polar surface area (TPSA) is 383 Å². The van der Waals surface area contributed by atoms with Crippen molar-refractivity contribution in [3.05, 3.63) is 241 Å². The van der Waals surface area contributed by atoms with Crippen molar-refractivity contribution in [3.8, 4) is 62.1 Å². The number of rotatable bonds is 21. The Hall–Kier alpha value is -10.2. The molecule has 0 saturated heterocycles. The van der Waals surface area contributed by atoms with E-state index in [4.69, 9.17) is 47.3 Å². The van der Waals surface area contributed by atoms with Crippen LogP contribution in [0.4, 0.5) is 34.1 Å². The van der Waals surface area contributed by atoms with Crippen molar-refractivity contribution < 1.29 is 43.7 Å². The maximum Gasteiger partial charge on any atom is 0.489 e. The van der Waals surface area contributed by atoms with Crippen LogP contribution in [0.2, 0.25) is 5.02 Å². The number of aromatic nitrogens is 7. The number of pyridine rings is 7. The third-order valence-electron chi connectivity index (χ3n) is 15.8. The van der Waals surface area contributed by atoms with Crippen LogP contribution in [0, 0.1) is 20.2 Å². The van der Waals surface area contributed by atoms with Crippen LogP contribution in [0.5, 0.6) is 17.6 Å². The first-order valence-electron chi connectivity index (χ1n) is 34.7. The van der Waals surface area contributed by atoms with Crippen molar-refractivity contribution in [2.24, 2.45) is 0 Å². The summed E-state index contributed by atoms with van der Waals surface area (Å²) in [6.07, 6.45) is 3.95. The Morgan fingerprint density at radius 3 is 1.34 bits per heavy atom. The quantitative estimate of drug-likeness (QED) is 0.0200. The lowest BCUT2D eigenvalue weighted by Gasteiger charge is -2.16. The molecule has 12 aromatic heterocycles. The minimum atomic E-state index is -1.30. The number of hydrogen-bond donors (Lipinski definition) is 7. The summed E-state index contributed by atoms with van der Waals surface area (Å²) in [5.41, 5.74) is 27.0. The van der Waals surface area contributed by atoms with Gasteiger partial charge in [0, 0.05) is 99.4 Å². The summed E-state index contributed by atoms with van der Waals surface area (Å²) >= 11 is 16.6. The number of carbonyl (C=O) groups excluding carboxylic acids is 2. The number of H-pyrrole nitrogens is 2. The molecular weight excluding hydrogens is 1610 g/mol. The van der Waals surface area contributed by atoms with Crippen molar-refractivity contribution in [1.29, 1.82) is 0 Å². The van der Waals surface area contributed by atoms with Crippen molar-refractivity contribution in [2.75, 3.05) is 38.1 Å². The lowest BCUT2D eigenvalue weighted by molar-refractivity contribution is -0.386. The summed E-state index contributed by atoms with van der Waals surface area (Å²) in [6, 6.07) is 25.1. The van der Waals surface area contributed by atoms with Gasteiger partial charge in [-0.15, -0.1) is 0 Å². The number of Topliss-reactive ketones (excluding diaryl/α,β-unsaturated/α-hetero) is 2. The Morgan fingerprint density at radius 2 is 0.938 bits per heavy atom. The first-order valence-corrected chi connectivity index (χ1v) is 40.6. The maximum absolute atomic E-state index is 12.5. The van der Waals surface area contributed by atoms with Crippen LogP contribution in [0.25, 0.3) is 44.5 Å². The molecule has 12 rings (SSSR count). The summed E-state index contributed by atoms with van der Waals surface area (Å²) in [5, 5.41) is 62.1. The highest BCUT2D eigenvalue weighted by molar-refractivity contribution is 9.10. The number of ketones is 2. The predicted molar refractivity (Wildman–Crippen MR) is 460 cm³/mol. The fourth-order valence-corrected chi connectivity index (χ4v) is 14.4. The van der Waals surface area contributed by atoms with E-state index >= 15 is 0 Å². The zero-order valence-electron chi connectivity index (χ0n) is 64.4. The molecule has 0 bridgehead atoms. The van der Waals surface area contributed by atoms with E-state index in [1.807, 2.05) is 142 Å². The largest absolute Gasteiger partial charge is 0.489 e. The number of carbonyl (C=O) groups is 2. The lowest BCUT2D eigenvalue weighted by atomic mass is 9.83. The molecule has 0 aliphatic rings. The summed E-state index contributed by atoms with van der Waals surface area (Å²) in [7, 11) is 3.33. The number of hydrogen-bond acceptors (Lipinski definition) is 26. The molecule has 33 heteroatoms. The average molecular weight is 1700 g/mol. The molecule has 0 atom stereocenters. The summed E-state index contributed by atoms with van der Waals surface area (Å²) in [5.74, 6) is 2.21. The van der Waals surface area contributed by atoms with E-state index in [2.05, 4.69) is 75.4 Å². The zero-order valence-corrected chi connectivity index (χ0v) is 70.8. The van der Waals surface area contributed by atoms with E-state index in [1.54, 1.807) is 102 Å². The van der Waals surface area contributed by atoms with Gasteiger partial charge in [-0.3, -0.25) is 49.4 Å². The fourth-order valence-electron chi connectivity index (χ4n) is 10.5. The number of nitrogen functional groups attached to an aromatic ring is 2. The first-order chi connectivity index (χ1) is 53.2. The SMILES string of the molecule is CC(=O)Cc1cc(Cl)ccn1.CC(=O)Cc1cc(Nc2cc(-c3ccsc3)c(=O)[nH]c2C(C)C)ccn1.CC(C)c1[nH]c(=O)c(-c2ccsc2)cc1N.COc1nc(C(C)C)c(N)cc1-c1ccsc1.COc1nc(C(C)C)c([N+](=O)[O-])cc1-c1ccsc1.COc1nc(C(C)C)c([N+](=O)[O-])cc1Br.OB(O)c1ccsc1. The molecule has 12 heterocycles. The van der Waals surface area contributed by atoms with Crippen molar-refractivity contribution in [1.82, 2.24) is 34.9 Å². The van der Waals surface area contributed by atoms with E-state index in [1.165, 1.54) is 49.9 Å². The van der Waals surface area contributed by atoms with Crippen LogP contribution < -0.4 is 47.6 Å². The van der Waals surface area contributed by atoms with Gasteiger partial charge in [-0.2, -0.15) is 56.7 Å². The summed E-state index contributed by atoms with van der Waals surface area (Å²) in [4.78, 5) is 94.5. The molecule has 12 aromatic rings. The molecule has 0 aliphatic heterocycles. The molecule has 112 heavy (non-hydrogen) atoms.